The topological polar surface area (TPSA) is 40.5 Å². The first-order chi connectivity index (χ1) is 7.63. The summed E-state index contributed by atoms with van der Waals surface area (Å²) >= 11 is -1.89. The fraction of sp³-hybridized carbons (Fsp3) is 0.500. The molecule has 2 unspecified atom stereocenters. The van der Waals surface area contributed by atoms with Crippen molar-refractivity contribution in [2.75, 3.05) is 17.4 Å². The molecule has 3 nitrogen and oxygen atoms in total. The van der Waals surface area contributed by atoms with Crippen LogP contribution in [0, 0.1) is 0 Å². The van der Waals surface area contributed by atoms with E-state index in [0.29, 0.717) is 5.44 Å². The van der Waals surface area contributed by atoms with Crippen LogP contribution in [0.4, 0.5) is 5.69 Å². The summed E-state index contributed by atoms with van der Waals surface area (Å²) in [6, 6.07) is 5.85. The summed E-state index contributed by atoms with van der Waals surface area (Å²) in [5, 5.41) is 9.90. The molecule has 4 heteroatoms. The van der Waals surface area contributed by atoms with E-state index in [-0.39, 0.29) is 0 Å². The van der Waals surface area contributed by atoms with Gasteiger partial charge in [0, 0.05) is 0 Å². The SMILES string of the molecule is CCCC(O)c1ccc2c(c1)[Se](=O)CN2C. The number of benzene rings is 1. The van der Waals surface area contributed by atoms with Crippen molar-refractivity contribution in [2.45, 2.75) is 25.9 Å². The molecule has 1 aromatic carbocycles. The fourth-order valence-corrected chi connectivity index (χ4v) is 4.83. The number of fused-ring (bicyclic) bond motifs is 1. The Kier molecular flexibility index (Phi) is 3.43. The molecule has 0 saturated heterocycles. The summed E-state index contributed by atoms with van der Waals surface area (Å²) in [4.78, 5) is 2.03. The van der Waals surface area contributed by atoms with Gasteiger partial charge < -0.3 is 0 Å². The van der Waals surface area contributed by atoms with Crippen LogP contribution in [-0.2, 0) is 3.83 Å². The Balaban J connectivity index is 2.33. The molecule has 0 radical (unpaired) electrons. The Morgan fingerprint density at radius 1 is 1.56 bits per heavy atom. The van der Waals surface area contributed by atoms with Crippen molar-refractivity contribution >= 4 is 24.0 Å². The Hall–Kier alpha value is -0.701. The summed E-state index contributed by atoms with van der Waals surface area (Å²) in [7, 11) is 1.96. The van der Waals surface area contributed by atoms with Gasteiger partial charge in [0.05, 0.1) is 0 Å². The van der Waals surface area contributed by atoms with E-state index in [1.165, 1.54) is 0 Å². The normalized spacial score (nSPS) is 20.9. The van der Waals surface area contributed by atoms with E-state index in [2.05, 4.69) is 6.92 Å². The molecule has 16 heavy (non-hydrogen) atoms. The molecule has 1 aromatic rings. The van der Waals surface area contributed by atoms with Gasteiger partial charge in [-0.05, 0) is 0 Å². The zero-order valence-electron chi connectivity index (χ0n) is 9.64. The predicted octanol–water partition coefficient (Wildman–Crippen LogP) is 1.14. The van der Waals surface area contributed by atoms with E-state index in [1.54, 1.807) is 0 Å². The first-order valence-electron chi connectivity index (χ1n) is 5.55. The Labute approximate surface area is 100 Å². The van der Waals surface area contributed by atoms with Gasteiger partial charge in [0.1, 0.15) is 0 Å². The average molecular weight is 286 g/mol. The van der Waals surface area contributed by atoms with Gasteiger partial charge in [-0.1, -0.05) is 0 Å². The van der Waals surface area contributed by atoms with Crippen molar-refractivity contribution in [1.29, 1.82) is 0 Å². The van der Waals surface area contributed by atoms with Crippen molar-refractivity contribution in [3.8, 4) is 0 Å². The van der Waals surface area contributed by atoms with Gasteiger partial charge in [-0.3, -0.25) is 0 Å². The van der Waals surface area contributed by atoms with Crippen LogP contribution < -0.4 is 9.36 Å². The van der Waals surface area contributed by atoms with Crippen molar-refractivity contribution in [2.24, 2.45) is 0 Å². The summed E-state index contributed by atoms with van der Waals surface area (Å²) in [5.41, 5.74) is 2.62. The minimum absolute atomic E-state index is 0.417. The van der Waals surface area contributed by atoms with Crippen molar-refractivity contribution < 1.29 is 8.94 Å². The standard InChI is InChI=1S/C12H17NO2Se/c1-3-4-11(14)9-5-6-10-12(7-9)16(15)8-13(10)2/h5-7,11,14H,3-4,8H2,1-2H3. The van der Waals surface area contributed by atoms with Crippen molar-refractivity contribution in [1.82, 2.24) is 0 Å². The van der Waals surface area contributed by atoms with Crippen LogP contribution in [0.1, 0.15) is 31.4 Å². The van der Waals surface area contributed by atoms with E-state index in [4.69, 9.17) is 0 Å². The van der Waals surface area contributed by atoms with E-state index < -0.39 is 19.9 Å². The van der Waals surface area contributed by atoms with E-state index in [1.807, 2.05) is 30.1 Å². The number of aliphatic hydroxyl groups is 1. The van der Waals surface area contributed by atoms with Gasteiger partial charge in [0.25, 0.3) is 0 Å². The van der Waals surface area contributed by atoms with Crippen LogP contribution in [0.2, 0.25) is 0 Å². The van der Waals surface area contributed by atoms with Gasteiger partial charge in [-0.2, -0.15) is 0 Å². The number of hydrogen-bond donors (Lipinski definition) is 1. The molecule has 0 fully saturated rings. The minimum atomic E-state index is -1.89. The van der Waals surface area contributed by atoms with Gasteiger partial charge in [0.2, 0.25) is 0 Å². The van der Waals surface area contributed by atoms with Crippen molar-refractivity contribution in [3.05, 3.63) is 23.8 Å². The van der Waals surface area contributed by atoms with Crippen molar-refractivity contribution in [3.63, 3.8) is 0 Å². The summed E-state index contributed by atoms with van der Waals surface area (Å²) in [6.07, 6.45) is 1.30. The zero-order valence-corrected chi connectivity index (χ0v) is 11.4. The maximum atomic E-state index is 11.9. The van der Waals surface area contributed by atoms with Crippen LogP contribution in [0.3, 0.4) is 0 Å². The first kappa shape index (κ1) is 11.8. The summed E-state index contributed by atoms with van der Waals surface area (Å²) in [6.45, 7) is 2.05. The molecule has 0 amide bonds. The third-order valence-corrected chi connectivity index (χ3v) is 5.92. The van der Waals surface area contributed by atoms with E-state index in [0.717, 1.165) is 28.6 Å². The van der Waals surface area contributed by atoms with Gasteiger partial charge in [-0.25, -0.2) is 0 Å². The second kappa shape index (κ2) is 4.66. The quantitative estimate of drug-likeness (QED) is 0.847. The molecule has 0 saturated carbocycles. The van der Waals surface area contributed by atoms with Gasteiger partial charge in [0.15, 0.2) is 0 Å². The average Bonchev–Trinajstić information content (AvgIpc) is 2.55. The number of anilines is 1. The predicted molar refractivity (Wildman–Crippen MR) is 65.7 cm³/mol. The summed E-state index contributed by atoms with van der Waals surface area (Å²) < 4.78 is 12.8. The molecule has 1 N–H and O–H groups in total. The van der Waals surface area contributed by atoms with Gasteiger partial charge in [-0.15, -0.1) is 0 Å². The molecular formula is C12H17NO2Se. The van der Waals surface area contributed by atoms with Gasteiger partial charge >= 0.3 is 99.9 Å². The molecule has 88 valence electrons. The zero-order chi connectivity index (χ0) is 11.7. The Morgan fingerprint density at radius 2 is 2.31 bits per heavy atom. The number of aliphatic hydroxyl groups excluding tert-OH is 1. The first-order valence-corrected chi connectivity index (χ1v) is 8.31. The molecule has 1 heterocycles. The second-order valence-electron chi connectivity index (χ2n) is 4.20. The fourth-order valence-electron chi connectivity index (χ4n) is 1.99. The number of hydrogen-bond acceptors (Lipinski definition) is 3. The molecule has 0 aliphatic carbocycles. The van der Waals surface area contributed by atoms with Crippen LogP contribution in [0.25, 0.3) is 0 Å². The maximum absolute atomic E-state index is 11.9. The second-order valence-corrected chi connectivity index (χ2v) is 7.12. The van der Waals surface area contributed by atoms with Crippen LogP contribution >= 0.6 is 0 Å². The monoisotopic (exact) mass is 287 g/mol. The Morgan fingerprint density at radius 3 is 3.00 bits per heavy atom. The molecule has 0 spiro atoms. The molecular weight excluding hydrogens is 269 g/mol. The molecule has 0 bridgehead atoms. The van der Waals surface area contributed by atoms with Crippen LogP contribution in [0.5, 0.6) is 0 Å². The van der Waals surface area contributed by atoms with Crippen LogP contribution in [0.15, 0.2) is 18.2 Å². The number of nitrogens with zero attached hydrogens (tertiary/aromatic N) is 1. The Bertz CT molecular complexity index is 419. The number of rotatable bonds is 3. The molecule has 0 aromatic heterocycles. The third kappa shape index (κ3) is 2.05. The van der Waals surface area contributed by atoms with E-state index >= 15 is 0 Å². The molecule has 2 atom stereocenters. The molecule has 2 rings (SSSR count). The molecule has 1 aliphatic rings. The summed E-state index contributed by atoms with van der Waals surface area (Å²) in [5.74, 6) is 0. The van der Waals surface area contributed by atoms with E-state index in [9.17, 15) is 8.94 Å². The molecule has 1 aliphatic heterocycles. The third-order valence-electron chi connectivity index (χ3n) is 2.90. The van der Waals surface area contributed by atoms with Crippen LogP contribution in [-0.4, -0.2) is 31.4 Å².